The van der Waals surface area contributed by atoms with Crippen LogP contribution in [0.1, 0.15) is 58.1 Å². The van der Waals surface area contributed by atoms with Crippen molar-refractivity contribution in [3.8, 4) is 11.9 Å². The van der Waals surface area contributed by atoms with Crippen LogP contribution in [-0.2, 0) is 4.79 Å². The third-order valence-electron chi connectivity index (χ3n) is 4.43. The first-order valence-electron chi connectivity index (χ1n) is 8.36. The topological polar surface area (TPSA) is 87.9 Å². The normalized spacial score (nSPS) is 20.8. The predicted molar refractivity (Wildman–Crippen MR) is 85.6 cm³/mol. The number of carbonyl (C=O) groups is 1. The molecule has 1 aromatic rings. The third kappa shape index (κ3) is 4.65. The van der Waals surface area contributed by atoms with E-state index in [2.05, 4.69) is 15.3 Å². The number of aromatic nitrogens is 2. The molecule has 6 heteroatoms. The Labute approximate surface area is 137 Å². The standard InChI is InChI=1S/C17H24N4O2/c1-3-12(4-2)16(22)21-13-5-7-14(8-6-13)23-17-15(11-18)19-9-10-20-17/h9-10,12-14H,3-8H2,1-2H3,(H,21,22). The second kappa shape index (κ2) is 8.47. The highest BCUT2D eigenvalue weighted by Gasteiger charge is 2.26. The van der Waals surface area contributed by atoms with E-state index in [4.69, 9.17) is 10.00 Å². The molecular weight excluding hydrogens is 292 g/mol. The first kappa shape index (κ1) is 17.2. The van der Waals surface area contributed by atoms with E-state index in [9.17, 15) is 4.79 Å². The minimum Gasteiger partial charge on any atom is -0.472 e. The highest BCUT2D eigenvalue weighted by Crippen LogP contribution is 2.24. The SMILES string of the molecule is CCC(CC)C(=O)NC1CCC(Oc2nccnc2C#N)CC1. The maximum Gasteiger partial charge on any atom is 0.251 e. The molecule has 0 spiro atoms. The molecule has 1 aliphatic rings. The molecule has 0 aliphatic heterocycles. The van der Waals surface area contributed by atoms with Crippen LogP contribution in [0, 0.1) is 17.2 Å². The van der Waals surface area contributed by atoms with E-state index in [1.54, 1.807) is 0 Å². The van der Waals surface area contributed by atoms with Crippen molar-refractivity contribution in [3.63, 3.8) is 0 Å². The summed E-state index contributed by atoms with van der Waals surface area (Å²) in [6.07, 6.45) is 8.25. The number of hydrogen-bond donors (Lipinski definition) is 1. The summed E-state index contributed by atoms with van der Waals surface area (Å²) in [5.74, 6) is 0.585. The quantitative estimate of drug-likeness (QED) is 0.871. The molecule has 0 aromatic carbocycles. The monoisotopic (exact) mass is 316 g/mol. The van der Waals surface area contributed by atoms with Gasteiger partial charge in [-0.15, -0.1) is 0 Å². The molecule has 1 saturated carbocycles. The first-order chi connectivity index (χ1) is 11.2. The Kier molecular flexibility index (Phi) is 6.33. The molecule has 2 rings (SSSR count). The van der Waals surface area contributed by atoms with Crippen LogP contribution in [0.2, 0.25) is 0 Å². The van der Waals surface area contributed by atoms with Crippen molar-refractivity contribution in [2.24, 2.45) is 5.92 Å². The molecule has 0 radical (unpaired) electrons. The highest BCUT2D eigenvalue weighted by atomic mass is 16.5. The number of rotatable bonds is 6. The average Bonchev–Trinajstić information content (AvgIpc) is 2.58. The Balaban J connectivity index is 1.82. The van der Waals surface area contributed by atoms with Gasteiger partial charge in [0.15, 0.2) is 0 Å². The number of carbonyl (C=O) groups excluding carboxylic acids is 1. The van der Waals surface area contributed by atoms with E-state index < -0.39 is 0 Å². The summed E-state index contributed by atoms with van der Waals surface area (Å²) in [5, 5.41) is 12.2. The van der Waals surface area contributed by atoms with Gasteiger partial charge in [0, 0.05) is 24.4 Å². The van der Waals surface area contributed by atoms with Crippen molar-refractivity contribution in [3.05, 3.63) is 18.1 Å². The lowest BCUT2D eigenvalue weighted by Gasteiger charge is -2.30. The van der Waals surface area contributed by atoms with Crippen molar-refractivity contribution < 1.29 is 9.53 Å². The molecule has 124 valence electrons. The van der Waals surface area contributed by atoms with Gasteiger partial charge in [-0.1, -0.05) is 13.8 Å². The lowest BCUT2D eigenvalue weighted by atomic mass is 9.92. The Morgan fingerprint density at radius 2 is 1.96 bits per heavy atom. The highest BCUT2D eigenvalue weighted by molar-refractivity contribution is 5.78. The van der Waals surface area contributed by atoms with E-state index in [1.807, 2.05) is 19.9 Å². The van der Waals surface area contributed by atoms with Gasteiger partial charge in [0.25, 0.3) is 5.88 Å². The molecule has 1 amide bonds. The Morgan fingerprint density at radius 1 is 1.30 bits per heavy atom. The Morgan fingerprint density at radius 3 is 2.57 bits per heavy atom. The van der Waals surface area contributed by atoms with Gasteiger partial charge in [0.2, 0.25) is 11.6 Å². The summed E-state index contributed by atoms with van der Waals surface area (Å²) in [7, 11) is 0. The van der Waals surface area contributed by atoms with Gasteiger partial charge in [0.05, 0.1) is 0 Å². The molecule has 0 atom stereocenters. The van der Waals surface area contributed by atoms with E-state index in [0.29, 0.717) is 5.88 Å². The third-order valence-corrected chi connectivity index (χ3v) is 4.43. The maximum absolute atomic E-state index is 12.1. The fourth-order valence-electron chi connectivity index (χ4n) is 2.95. The van der Waals surface area contributed by atoms with Crippen LogP contribution in [-0.4, -0.2) is 28.0 Å². The molecule has 1 aliphatic carbocycles. The molecule has 1 aromatic heterocycles. The fourth-order valence-corrected chi connectivity index (χ4v) is 2.95. The van der Waals surface area contributed by atoms with Crippen molar-refractivity contribution in [2.75, 3.05) is 0 Å². The van der Waals surface area contributed by atoms with Crippen molar-refractivity contribution in [2.45, 2.75) is 64.5 Å². The number of ether oxygens (including phenoxy) is 1. The van der Waals surface area contributed by atoms with Crippen LogP contribution in [0.3, 0.4) is 0 Å². The largest absolute Gasteiger partial charge is 0.472 e. The lowest BCUT2D eigenvalue weighted by Crippen LogP contribution is -2.42. The van der Waals surface area contributed by atoms with Crippen LogP contribution >= 0.6 is 0 Å². The zero-order valence-electron chi connectivity index (χ0n) is 13.8. The zero-order chi connectivity index (χ0) is 16.7. The number of nitrogens with one attached hydrogen (secondary N) is 1. The van der Waals surface area contributed by atoms with E-state index in [0.717, 1.165) is 38.5 Å². The maximum atomic E-state index is 12.1. The Hall–Kier alpha value is -2.16. The van der Waals surface area contributed by atoms with Crippen molar-refractivity contribution in [1.82, 2.24) is 15.3 Å². The van der Waals surface area contributed by atoms with E-state index in [-0.39, 0.29) is 29.7 Å². The molecule has 0 bridgehead atoms. The van der Waals surface area contributed by atoms with Gasteiger partial charge in [-0.25, -0.2) is 9.97 Å². The van der Waals surface area contributed by atoms with Crippen molar-refractivity contribution >= 4 is 5.91 Å². The number of amides is 1. The van der Waals surface area contributed by atoms with Crippen LogP contribution in [0.25, 0.3) is 0 Å². The van der Waals surface area contributed by atoms with Gasteiger partial charge in [-0.05, 0) is 38.5 Å². The predicted octanol–water partition coefficient (Wildman–Crippen LogP) is 2.59. The molecular formula is C17H24N4O2. The molecule has 0 saturated heterocycles. The lowest BCUT2D eigenvalue weighted by molar-refractivity contribution is -0.126. The zero-order valence-corrected chi connectivity index (χ0v) is 13.8. The van der Waals surface area contributed by atoms with Crippen LogP contribution < -0.4 is 10.1 Å². The van der Waals surface area contributed by atoms with Crippen LogP contribution in [0.4, 0.5) is 0 Å². The molecule has 1 N–H and O–H groups in total. The Bertz CT molecular complexity index is 558. The summed E-state index contributed by atoms with van der Waals surface area (Å²) >= 11 is 0. The second-order valence-electron chi connectivity index (χ2n) is 5.94. The summed E-state index contributed by atoms with van der Waals surface area (Å²) in [5.41, 5.74) is 0.219. The summed E-state index contributed by atoms with van der Waals surface area (Å²) < 4.78 is 5.81. The van der Waals surface area contributed by atoms with E-state index >= 15 is 0 Å². The minimum atomic E-state index is 0.0279. The summed E-state index contributed by atoms with van der Waals surface area (Å²) in [6.45, 7) is 4.10. The smallest absolute Gasteiger partial charge is 0.251 e. The van der Waals surface area contributed by atoms with Gasteiger partial charge < -0.3 is 10.1 Å². The van der Waals surface area contributed by atoms with Crippen LogP contribution in [0.15, 0.2) is 12.4 Å². The number of nitriles is 1. The second-order valence-corrected chi connectivity index (χ2v) is 5.94. The van der Waals surface area contributed by atoms with Gasteiger partial charge in [0.1, 0.15) is 12.2 Å². The molecule has 23 heavy (non-hydrogen) atoms. The summed E-state index contributed by atoms with van der Waals surface area (Å²) in [6, 6.07) is 2.21. The molecule has 0 unspecified atom stereocenters. The summed E-state index contributed by atoms with van der Waals surface area (Å²) in [4.78, 5) is 20.2. The van der Waals surface area contributed by atoms with Gasteiger partial charge >= 0.3 is 0 Å². The number of nitrogens with zero attached hydrogens (tertiary/aromatic N) is 3. The van der Waals surface area contributed by atoms with E-state index in [1.165, 1.54) is 12.4 Å². The fraction of sp³-hybridized carbons (Fsp3) is 0.647. The number of hydrogen-bond acceptors (Lipinski definition) is 5. The van der Waals surface area contributed by atoms with Gasteiger partial charge in [-0.2, -0.15) is 5.26 Å². The average molecular weight is 316 g/mol. The van der Waals surface area contributed by atoms with Crippen molar-refractivity contribution in [1.29, 1.82) is 5.26 Å². The molecule has 1 heterocycles. The molecule has 6 nitrogen and oxygen atoms in total. The first-order valence-corrected chi connectivity index (χ1v) is 8.36. The van der Waals surface area contributed by atoms with Gasteiger partial charge in [-0.3, -0.25) is 4.79 Å². The molecule has 1 fully saturated rings. The van der Waals surface area contributed by atoms with Crippen LogP contribution in [0.5, 0.6) is 5.88 Å². The minimum absolute atomic E-state index is 0.0279.